The second-order valence-corrected chi connectivity index (χ2v) is 6.52. The summed E-state index contributed by atoms with van der Waals surface area (Å²) >= 11 is 0. The highest BCUT2D eigenvalue weighted by atomic mass is 32.2. The molecule has 0 saturated carbocycles. The number of hydrogen-bond acceptors (Lipinski definition) is 5. The van der Waals surface area contributed by atoms with E-state index in [0.29, 0.717) is 5.69 Å². The minimum absolute atomic E-state index is 0.0658. The van der Waals surface area contributed by atoms with Gasteiger partial charge < -0.3 is 9.64 Å². The van der Waals surface area contributed by atoms with Crippen molar-refractivity contribution in [2.75, 3.05) is 36.7 Å². The monoisotopic (exact) mass is 314 g/mol. The molecule has 1 aromatic rings. The Morgan fingerprint density at radius 1 is 1.19 bits per heavy atom. The zero-order valence-electron chi connectivity index (χ0n) is 12.6. The van der Waals surface area contributed by atoms with Crippen molar-refractivity contribution in [1.29, 1.82) is 0 Å². The second kappa shape index (κ2) is 6.13. The van der Waals surface area contributed by atoms with E-state index in [1.54, 1.807) is 13.1 Å². The molecule has 0 spiro atoms. The van der Waals surface area contributed by atoms with Crippen LogP contribution in [0, 0.1) is 0 Å². The van der Waals surface area contributed by atoms with Crippen molar-refractivity contribution in [3.63, 3.8) is 0 Å². The highest BCUT2D eigenvalue weighted by Crippen LogP contribution is 2.27. The van der Waals surface area contributed by atoms with Crippen molar-refractivity contribution < 1.29 is 22.7 Å². The van der Waals surface area contributed by atoms with Crippen LogP contribution in [-0.4, -0.2) is 47.8 Å². The third-order valence-corrected chi connectivity index (χ3v) is 4.27. The van der Waals surface area contributed by atoms with Gasteiger partial charge in [-0.2, -0.15) is 0 Å². The molecule has 0 bridgehead atoms. The lowest BCUT2D eigenvalue weighted by Crippen LogP contribution is -2.28. The smallest absolute Gasteiger partial charge is 0.340 e. The van der Waals surface area contributed by atoms with Crippen LogP contribution in [0.25, 0.3) is 0 Å². The summed E-state index contributed by atoms with van der Waals surface area (Å²) in [5.41, 5.74) is 0.717. The number of sulfonamides is 1. The molecular formula is C13H18N2O5S. The van der Waals surface area contributed by atoms with Gasteiger partial charge in [-0.05, 0) is 18.2 Å². The Bertz CT molecular complexity index is 669. The van der Waals surface area contributed by atoms with Gasteiger partial charge in [0, 0.05) is 26.7 Å². The molecule has 0 heterocycles. The van der Waals surface area contributed by atoms with Gasteiger partial charge in [-0.3, -0.25) is 9.10 Å². The van der Waals surface area contributed by atoms with E-state index in [4.69, 9.17) is 0 Å². The number of hydrogen-bond donors (Lipinski definition) is 0. The van der Waals surface area contributed by atoms with Crippen LogP contribution in [0.4, 0.5) is 11.4 Å². The number of esters is 1. The van der Waals surface area contributed by atoms with Crippen molar-refractivity contribution in [2.45, 2.75) is 6.92 Å². The number of carbonyl (C=O) groups excluding carboxylic acids is 2. The Morgan fingerprint density at radius 2 is 1.76 bits per heavy atom. The van der Waals surface area contributed by atoms with E-state index in [-0.39, 0.29) is 17.2 Å². The van der Waals surface area contributed by atoms with E-state index in [2.05, 4.69) is 4.74 Å². The molecule has 116 valence electrons. The van der Waals surface area contributed by atoms with Gasteiger partial charge >= 0.3 is 5.97 Å². The fourth-order valence-corrected chi connectivity index (χ4v) is 2.16. The fourth-order valence-electron chi connectivity index (χ4n) is 1.64. The molecule has 1 amide bonds. The molecule has 7 nitrogen and oxygen atoms in total. The predicted molar refractivity (Wildman–Crippen MR) is 80.1 cm³/mol. The number of rotatable bonds is 4. The Kier molecular flexibility index (Phi) is 4.95. The van der Waals surface area contributed by atoms with Crippen molar-refractivity contribution in [1.82, 2.24) is 0 Å². The number of benzene rings is 1. The van der Waals surface area contributed by atoms with Crippen LogP contribution in [0.2, 0.25) is 0 Å². The molecule has 21 heavy (non-hydrogen) atoms. The van der Waals surface area contributed by atoms with Gasteiger partial charge in [0.15, 0.2) is 0 Å². The molecule has 0 aliphatic rings. The minimum Gasteiger partial charge on any atom is -0.465 e. The zero-order chi connectivity index (χ0) is 16.4. The predicted octanol–water partition coefficient (Wildman–Crippen LogP) is 0.852. The van der Waals surface area contributed by atoms with E-state index in [1.807, 2.05) is 0 Å². The van der Waals surface area contributed by atoms with Crippen LogP contribution in [0.5, 0.6) is 0 Å². The van der Waals surface area contributed by atoms with E-state index in [9.17, 15) is 18.0 Å². The largest absolute Gasteiger partial charge is 0.465 e. The van der Waals surface area contributed by atoms with Crippen molar-refractivity contribution in [3.8, 4) is 0 Å². The summed E-state index contributed by atoms with van der Waals surface area (Å²) in [6.07, 6.45) is 1.03. The van der Waals surface area contributed by atoms with E-state index in [0.717, 1.165) is 10.6 Å². The molecule has 0 aromatic heterocycles. The first-order valence-corrected chi connectivity index (χ1v) is 7.85. The third-order valence-electron chi connectivity index (χ3n) is 3.08. The molecule has 0 atom stereocenters. The zero-order valence-corrected chi connectivity index (χ0v) is 13.4. The Hall–Kier alpha value is -2.09. The molecule has 1 rings (SSSR count). The highest BCUT2D eigenvalue weighted by Gasteiger charge is 2.22. The van der Waals surface area contributed by atoms with Gasteiger partial charge in [-0.25, -0.2) is 13.2 Å². The SMILES string of the molecule is COC(=O)c1cc(N(C)C(C)=O)ccc1N(C)S(C)(=O)=O. The van der Waals surface area contributed by atoms with Gasteiger partial charge in [0.05, 0.1) is 24.6 Å². The fraction of sp³-hybridized carbons (Fsp3) is 0.385. The summed E-state index contributed by atoms with van der Waals surface area (Å²) in [7, 11) is 0.571. The molecule has 0 fully saturated rings. The maximum atomic E-state index is 11.9. The summed E-state index contributed by atoms with van der Waals surface area (Å²) in [5.74, 6) is -0.894. The highest BCUT2D eigenvalue weighted by molar-refractivity contribution is 7.92. The third kappa shape index (κ3) is 3.72. The van der Waals surface area contributed by atoms with Gasteiger partial charge in [0.25, 0.3) is 0 Å². The average molecular weight is 314 g/mol. The normalized spacial score (nSPS) is 10.9. The quantitative estimate of drug-likeness (QED) is 0.769. The van der Waals surface area contributed by atoms with Gasteiger partial charge in [0.1, 0.15) is 0 Å². The van der Waals surface area contributed by atoms with Gasteiger partial charge in [-0.15, -0.1) is 0 Å². The Labute approximate surface area is 124 Å². The van der Waals surface area contributed by atoms with Crippen LogP contribution < -0.4 is 9.21 Å². The van der Waals surface area contributed by atoms with Crippen molar-refractivity contribution >= 4 is 33.3 Å². The minimum atomic E-state index is -3.52. The first kappa shape index (κ1) is 17.0. The lowest BCUT2D eigenvalue weighted by Gasteiger charge is -2.22. The molecule has 0 saturated heterocycles. The van der Waals surface area contributed by atoms with Crippen molar-refractivity contribution in [3.05, 3.63) is 23.8 Å². The van der Waals surface area contributed by atoms with Crippen LogP contribution in [0.3, 0.4) is 0 Å². The number of amides is 1. The number of anilines is 2. The molecule has 0 N–H and O–H groups in total. The number of ether oxygens (including phenoxy) is 1. The summed E-state index contributed by atoms with van der Waals surface area (Å²) in [4.78, 5) is 24.6. The first-order chi connectivity index (χ1) is 9.59. The number of methoxy groups -OCH3 is 1. The topological polar surface area (TPSA) is 84.0 Å². The summed E-state index contributed by atoms with van der Waals surface area (Å²) in [5, 5.41) is 0. The van der Waals surface area contributed by atoms with Crippen LogP contribution >= 0.6 is 0 Å². The Balaban J connectivity index is 3.47. The standard InChI is InChI=1S/C13H18N2O5S/c1-9(16)14(2)10-6-7-12(15(3)21(5,18)19)11(8-10)13(17)20-4/h6-8H,1-5H3. The van der Waals surface area contributed by atoms with E-state index < -0.39 is 16.0 Å². The number of nitrogens with zero attached hydrogens (tertiary/aromatic N) is 2. The molecule has 8 heteroatoms. The Morgan fingerprint density at radius 3 is 2.19 bits per heavy atom. The van der Waals surface area contributed by atoms with E-state index in [1.165, 1.54) is 38.1 Å². The summed E-state index contributed by atoms with van der Waals surface area (Å²) in [6.45, 7) is 1.38. The molecule has 1 aromatic carbocycles. The van der Waals surface area contributed by atoms with E-state index >= 15 is 0 Å². The lowest BCUT2D eigenvalue weighted by atomic mass is 10.1. The molecular weight excluding hydrogens is 296 g/mol. The summed E-state index contributed by atoms with van der Waals surface area (Å²) in [6, 6.07) is 4.44. The second-order valence-electron chi connectivity index (χ2n) is 4.50. The average Bonchev–Trinajstić information content (AvgIpc) is 2.43. The van der Waals surface area contributed by atoms with Crippen molar-refractivity contribution in [2.24, 2.45) is 0 Å². The van der Waals surface area contributed by atoms with Gasteiger partial charge in [-0.1, -0.05) is 0 Å². The van der Waals surface area contributed by atoms with Crippen LogP contribution in [-0.2, 0) is 19.6 Å². The molecule has 0 radical (unpaired) electrons. The molecule has 0 aliphatic carbocycles. The molecule has 0 aliphatic heterocycles. The maximum absolute atomic E-state index is 11.9. The summed E-state index contributed by atoms with van der Waals surface area (Å²) < 4.78 is 28.9. The maximum Gasteiger partial charge on any atom is 0.340 e. The van der Waals surface area contributed by atoms with Gasteiger partial charge in [0.2, 0.25) is 15.9 Å². The van der Waals surface area contributed by atoms with Crippen LogP contribution in [0.1, 0.15) is 17.3 Å². The number of carbonyl (C=O) groups is 2. The van der Waals surface area contributed by atoms with Crippen LogP contribution in [0.15, 0.2) is 18.2 Å². The lowest BCUT2D eigenvalue weighted by molar-refractivity contribution is -0.116. The molecule has 0 unspecified atom stereocenters. The first-order valence-electron chi connectivity index (χ1n) is 6.00.